The van der Waals surface area contributed by atoms with Gasteiger partial charge in [-0.3, -0.25) is 9.59 Å². The molecule has 0 aliphatic rings. The molecule has 0 fully saturated rings. The summed E-state index contributed by atoms with van der Waals surface area (Å²) in [6.07, 6.45) is 0.828. The molecule has 0 aromatic heterocycles. The highest BCUT2D eigenvalue weighted by molar-refractivity contribution is 6.30. The summed E-state index contributed by atoms with van der Waals surface area (Å²) in [7, 11) is 0. The van der Waals surface area contributed by atoms with Gasteiger partial charge in [0, 0.05) is 11.4 Å². The molecule has 1 aromatic rings. The molecular formula is C12H14ClNO3. The third-order valence-corrected chi connectivity index (χ3v) is 2.55. The molecule has 4 nitrogen and oxygen atoms in total. The SMILES string of the molecule is C[C@@H](NC(=O)CCc1ccc(Cl)cc1)C(=O)O. The summed E-state index contributed by atoms with van der Waals surface area (Å²) in [6, 6.07) is 6.35. The molecule has 2 N–H and O–H groups in total. The molecule has 0 aliphatic heterocycles. The second kappa shape index (κ2) is 6.25. The van der Waals surface area contributed by atoms with Crippen LogP contribution in [0.1, 0.15) is 18.9 Å². The molecule has 0 saturated carbocycles. The van der Waals surface area contributed by atoms with E-state index in [9.17, 15) is 9.59 Å². The van der Waals surface area contributed by atoms with E-state index in [2.05, 4.69) is 5.32 Å². The van der Waals surface area contributed by atoms with Gasteiger partial charge in [0.1, 0.15) is 6.04 Å². The highest BCUT2D eigenvalue weighted by Gasteiger charge is 2.13. The van der Waals surface area contributed by atoms with Gasteiger partial charge in [0.05, 0.1) is 0 Å². The zero-order valence-corrected chi connectivity index (χ0v) is 10.2. The number of carboxylic acids is 1. The second-order valence-corrected chi connectivity index (χ2v) is 4.19. The number of carboxylic acid groups (broad SMARTS) is 1. The minimum atomic E-state index is -1.04. The summed E-state index contributed by atoms with van der Waals surface area (Å²) in [5.41, 5.74) is 0.993. The van der Waals surface area contributed by atoms with Gasteiger partial charge in [-0.1, -0.05) is 23.7 Å². The highest BCUT2D eigenvalue weighted by atomic mass is 35.5. The Bertz CT molecular complexity index is 403. The van der Waals surface area contributed by atoms with Crippen LogP contribution in [0, 0.1) is 0 Å². The van der Waals surface area contributed by atoms with Gasteiger partial charge < -0.3 is 10.4 Å². The van der Waals surface area contributed by atoms with Crippen molar-refractivity contribution < 1.29 is 14.7 Å². The topological polar surface area (TPSA) is 66.4 Å². The summed E-state index contributed by atoms with van der Waals surface area (Å²) in [4.78, 5) is 21.9. The molecule has 1 rings (SSSR count). The van der Waals surface area contributed by atoms with Gasteiger partial charge in [-0.15, -0.1) is 0 Å². The van der Waals surface area contributed by atoms with Crippen molar-refractivity contribution in [1.82, 2.24) is 5.32 Å². The normalized spacial score (nSPS) is 11.9. The molecule has 92 valence electrons. The maximum absolute atomic E-state index is 11.4. The van der Waals surface area contributed by atoms with Crippen LogP contribution in [-0.2, 0) is 16.0 Å². The first-order valence-corrected chi connectivity index (χ1v) is 5.63. The smallest absolute Gasteiger partial charge is 0.325 e. The fourth-order valence-corrected chi connectivity index (χ4v) is 1.41. The molecule has 17 heavy (non-hydrogen) atoms. The molecule has 0 heterocycles. The number of nitrogens with one attached hydrogen (secondary N) is 1. The summed E-state index contributed by atoms with van der Waals surface area (Å²) < 4.78 is 0. The van der Waals surface area contributed by atoms with Crippen molar-refractivity contribution in [2.24, 2.45) is 0 Å². The van der Waals surface area contributed by atoms with Gasteiger partial charge in [-0.2, -0.15) is 0 Å². The van der Waals surface area contributed by atoms with Crippen molar-refractivity contribution >= 4 is 23.5 Å². The number of hydrogen-bond donors (Lipinski definition) is 2. The predicted octanol–water partition coefficient (Wildman–Crippen LogP) is 1.86. The van der Waals surface area contributed by atoms with Crippen molar-refractivity contribution in [1.29, 1.82) is 0 Å². The lowest BCUT2D eigenvalue weighted by Crippen LogP contribution is -2.38. The van der Waals surface area contributed by atoms with E-state index in [1.807, 2.05) is 12.1 Å². The summed E-state index contributed by atoms with van der Waals surface area (Å²) in [5, 5.41) is 11.7. The van der Waals surface area contributed by atoms with E-state index in [0.29, 0.717) is 11.4 Å². The molecular weight excluding hydrogens is 242 g/mol. The molecule has 0 aliphatic carbocycles. The van der Waals surface area contributed by atoms with Crippen LogP contribution in [0.5, 0.6) is 0 Å². The molecule has 0 radical (unpaired) electrons. The first kappa shape index (κ1) is 13.5. The summed E-state index contributed by atoms with van der Waals surface area (Å²) in [6.45, 7) is 1.43. The Hall–Kier alpha value is -1.55. The molecule has 0 saturated heterocycles. The standard InChI is InChI=1S/C12H14ClNO3/c1-8(12(16)17)14-11(15)7-4-9-2-5-10(13)6-3-9/h2-3,5-6,8H,4,7H2,1H3,(H,14,15)(H,16,17)/t8-/m1/s1. The van der Waals surface area contributed by atoms with Crippen LogP contribution >= 0.6 is 11.6 Å². The number of benzene rings is 1. The molecule has 1 amide bonds. The van der Waals surface area contributed by atoms with Crippen molar-refractivity contribution in [2.45, 2.75) is 25.8 Å². The van der Waals surface area contributed by atoms with Gasteiger partial charge in [0.2, 0.25) is 5.91 Å². The third kappa shape index (κ3) is 4.87. The van der Waals surface area contributed by atoms with E-state index in [4.69, 9.17) is 16.7 Å². The van der Waals surface area contributed by atoms with Crippen molar-refractivity contribution in [3.8, 4) is 0 Å². The molecule has 5 heteroatoms. The molecule has 0 spiro atoms. The highest BCUT2D eigenvalue weighted by Crippen LogP contribution is 2.10. The minimum absolute atomic E-state index is 0.263. The maximum atomic E-state index is 11.4. The summed E-state index contributed by atoms with van der Waals surface area (Å²) >= 11 is 5.73. The maximum Gasteiger partial charge on any atom is 0.325 e. The zero-order chi connectivity index (χ0) is 12.8. The number of aliphatic carboxylic acids is 1. The second-order valence-electron chi connectivity index (χ2n) is 3.75. The Morgan fingerprint density at radius 1 is 1.35 bits per heavy atom. The Morgan fingerprint density at radius 2 is 1.94 bits per heavy atom. The van der Waals surface area contributed by atoms with Gasteiger partial charge in [0.15, 0.2) is 0 Å². The monoisotopic (exact) mass is 255 g/mol. The number of hydrogen-bond acceptors (Lipinski definition) is 2. The Morgan fingerprint density at radius 3 is 2.47 bits per heavy atom. The van der Waals surface area contributed by atoms with Crippen LogP contribution in [0.25, 0.3) is 0 Å². The van der Waals surface area contributed by atoms with Crippen LogP contribution < -0.4 is 5.32 Å². The summed E-state index contributed by atoms with van der Waals surface area (Å²) in [5.74, 6) is -1.31. The first-order valence-electron chi connectivity index (χ1n) is 5.25. The molecule has 0 unspecified atom stereocenters. The van der Waals surface area contributed by atoms with E-state index in [1.165, 1.54) is 6.92 Å². The number of carbonyl (C=O) groups excluding carboxylic acids is 1. The van der Waals surface area contributed by atoms with Crippen LogP contribution in [0.15, 0.2) is 24.3 Å². The number of halogens is 1. The number of rotatable bonds is 5. The van der Waals surface area contributed by atoms with Gasteiger partial charge in [0.25, 0.3) is 0 Å². The van der Waals surface area contributed by atoms with Crippen molar-refractivity contribution in [3.63, 3.8) is 0 Å². The van der Waals surface area contributed by atoms with Crippen LogP contribution in [0.4, 0.5) is 0 Å². The minimum Gasteiger partial charge on any atom is -0.480 e. The van der Waals surface area contributed by atoms with E-state index >= 15 is 0 Å². The average Bonchev–Trinajstić information content (AvgIpc) is 2.28. The zero-order valence-electron chi connectivity index (χ0n) is 9.44. The van der Waals surface area contributed by atoms with Crippen molar-refractivity contribution in [3.05, 3.63) is 34.9 Å². The van der Waals surface area contributed by atoms with Gasteiger partial charge in [-0.25, -0.2) is 0 Å². The molecule has 1 aromatic carbocycles. The lowest BCUT2D eigenvalue weighted by Gasteiger charge is -2.08. The first-order chi connectivity index (χ1) is 7.99. The Labute approximate surface area is 105 Å². The molecule has 1 atom stereocenters. The van der Waals surface area contributed by atoms with E-state index in [-0.39, 0.29) is 12.3 Å². The van der Waals surface area contributed by atoms with E-state index in [0.717, 1.165) is 5.56 Å². The van der Waals surface area contributed by atoms with Gasteiger partial charge >= 0.3 is 5.97 Å². The van der Waals surface area contributed by atoms with Crippen molar-refractivity contribution in [2.75, 3.05) is 0 Å². The average molecular weight is 256 g/mol. The number of carbonyl (C=O) groups is 2. The lowest BCUT2D eigenvalue weighted by atomic mass is 10.1. The van der Waals surface area contributed by atoms with Crippen LogP contribution in [0.3, 0.4) is 0 Å². The largest absolute Gasteiger partial charge is 0.480 e. The van der Waals surface area contributed by atoms with E-state index in [1.54, 1.807) is 12.1 Å². The lowest BCUT2D eigenvalue weighted by molar-refractivity contribution is -0.141. The Balaban J connectivity index is 2.38. The molecule has 0 bridgehead atoms. The third-order valence-electron chi connectivity index (χ3n) is 2.30. The Kier molecular flexibility index (Phi) is 4.97. The predicted molar refractivity (Wildman–Crippen MR) is 65.0 cm³/mol. The fourth-order valence-electron chi connectivity index (χ4n) is 1.28. The number of aryl methyl sites for hydroxylation is 1. The quantitative estimate of drug-likeness (QED) is 0.844. The van der Waals surface area contributed by atoms with Crippen LogP contribution in [0.2, 0.25) is 5.02 Å². The number of amides is 1. The van der Waals surface area contributed by atoms with Crippen LogP contribution in [-0.4, -0.2) is 23.0 Å². The fraction of sp³-hybridized carbons (Fsp3) is 0.333. The van der Waals surface area contributed by atoms with E-state index < -0.39 is 12.0 Å². The van der Waals surface area contributed by atoms with Gasteiger partial charge in [-0.05, 0) is 31.0 Å².